The summed E-state index contributed by atoms with van der Waals surface area (Å²) in [6, 6.07) is 8.07. The molecule has 0 fully saturated rings. The molecule has 2 rings (SSSR count). The lowest BCUT2D eigenvalue weighted by Gasteiger charge is -1.96. The van der Waals surface area contributed by atoms with Crippen molar-refractivity contribution in [3.05, 3.63) is 41.5 Å². The highest BCUT2D eigenvalue weighted by molar-refractivity contribution is 5.71. The number of hydrogen-bond acceptors (Lipinski definition) is 2. The Morgan fingerprint density at radius 3 is 2.91 bits per heavy atom. The van der Waals surface area contributed by atoms with Crippen LogP contribution in [0.2, 0.25) is 0 Å². The van der Waals surface area contributed by atoms with Gasteiger partial charge in [0.2, 0.25) is 0 Å². The molecule has 11 heavy (non-hydrogen) atoms. The Morgan fingerprint density at radius 2 is 2.09 bits per heavy atom. The molecule has 1 aliphatic carbocycles. The highest BCUT2D eigenvalue weighted by Gasteiger charge is 2.11. The van der Waals surface area contributed by atoms with Gasteiger partial charge in [-0.05, 0) is 12.0 Å². The Kier molecular flexibility index (Phi) is 1.32. The summed E-state index contributed by atoms with van der Waals surface area (Å²) in [7, 11) is 0. The van der Waals surface area contributed by atoms with Crippen LogP contribution in [0.15, 0.2) is 35.5 Å². The van der Waals surface area contributed by atoms with E-state index in [1.54, 1.807) is 0 Å². The third-order valence-electron chi connectivity index (χ3n) is 1.93. The normalized spacial score (nSPS) is 14.0. The van der Waals surface area contributed by atoms with Gasteiger partial charge in [0.05, 0.1) is 5.70 Å². The standard InChI is InChI=1S/C9H8N2/c10-11-9-6-5-7-3-1-2-4-8(7)9/h1-4,6,10H,5H2. The molecule has 0 atom stereocenters. The first kappa shape index (κ1) is 6.28. The second-order valence-corrected chi connectivity index (χ2v) is 2.56. The van der Waals surface area contributed by atoms with Crippen molar-refractivity contribution >= 4 is 5.70 Å². The molecule has 1 aromatic carbocycles. The van der Waals surface area contributed by atoms with E-state index in [0.29, 0.717) is 0 Å². The molecule has 0 amide bonds. The number of allylic oxidation sites excluding steroid dienone is 1. The zero-order valence-corrected chi connectivity index (χ0v) is 6.04. The molecule has 0 radical (unpaired) electrons. The molecule has 1 N–H and O–H groups in total. The van der Waals surface area contributed by atoms with E-state index in [1.807, 2.05) is 24.3 Å². The maximum Gasteiger partial charge on any atom is 0.0888 e. The number of rotatable bonds is 1. The number of benzene rings is 1. The smallest absolute Gasteiger partial charge is 0.0888 e. The fraction of sp³-hybridized carbons (Fsp3) is 0.111. The van der Waals surface area contributed by atoms with Crippen LogP contribution >= 0.6 is 0 Å². The minimum Gasteiger partial charge on any atom is -0.204 e. The molecule has 1 aliphatic rings. The van der Waals surface area contributed by atoms with Gasteiger partial charge in [-0.25, -0.2) is 5.53 Å². The summed E-state index contributed by atoms with van der Waals surface area (Å²) in [5.41, 5.74) is 10.1. The van der Waals surface area contributed by atoms with Crippen molar-refractivity contribution in [2.24, 2.45) is 5.11 Å². The predicted molar refractivity (Wildman–Crippen MR) is 43.3 cm³/mol. The Labute approximate surface area is 65.1 Å². The second kappa shape index (κ2) is 2.31. The van der Waals surface area contributed by atoms with E-state index in [9.17, 15) is 0 Å². The third-order valence-corrected chi connectivity index (χ3v) is 1.93. The van der Waals surface area contributed by atoms with Crippen LogP contribution in [0.25, 0.3) is 5.70 Å². The minimum atomic E-state index is 0.806. The molecule has 2 heteroatoms. The molecule has 0 heterocycles. The molecule has 0 bridgehead atoms. The maximum atomic E-state index is 6.89. The molecule has 0 aromatic heterocycles. The summed E-state index contributed by atoms with van der Waals surface area (Å²) in [4.78, 5) is 0. The number of hydrogen-bond donors (Lipinski definition) is 1. The first-order valence-electron chi connectivity index (χ1n) is 3.58. The molecular formula is C9H8N2. The SMILES string of the molecule is N=NC1=CCc2ccccc21. The van der Waals surface area contributed by atoms with E-state index in [2.05, 4.69) is 11.2 Å². The zero-order valence-electron chi connectivity index (χ0n) is 6.04. The van der Waals surface area contributed by atoms with E-state index >= 15 is 0 Å². The van der Waals surface area contributed by atoms with Crippen molar-refractivity contribution in [2.75, 3.05) is 0 Å². The number of fused-ring (bicyclic) bond motifs is 1. The first-order valence-corrected chi connectivity index (χ1v) is 3.58. The van der Waals surface area contributed by atoms with Crippen LogP contribution in [0, 0.1) is 5.53 Å². The van der Waals surface area contributed by atoms with E-state index in [1.165, 1.54) is 5.56 Å². The largest absolute Gasteiger partial charge is 0.204 e. The van der Waals surface area contributed by atoms with Gasteiger partial charge in [-0.3, -0.25) is 0 Å². The fourth-order valence-corrected chi connectivity index (χ4v) is 1.37. The average molecular weight is 144 g/mol. The van der Waals surface area contributed by atoms with E-state index in [0.717, 1.165) is 17.7 Å². The summed E-state index contributed by atoms with van der Waals surface area (Å²) in [5.74, 6) is 0. The Balaban J connectivity index is 2.56. The van der Waals surface area contributed by atoms with Gasteiger partial charge in [0.1, 0.15) is 0 Å². The van der Waals surface area contributed by atoms with Crippen LogP contribution in [-0.4, -0.2) is 0 Å². The van der Waals surface area contributed by atoms with Crippen molar-refractivity contribution in [2.45, 2.75) is 6.42 Å². The Bertz CT molecular complexity index is 326. The van der Waals surface area contributed by atoms with Crippen LogP contribution in [0.1, 0.15) is 11.1 Å². The summed E-state index contributed by atoms with van der Waals surface area (Å²) in [6.07, 6.45) is 2.91. The lowest BCUT2D eigenvalue weighted by molar-refractivity contribution is 1.16. The van der Waals surface area contributed by atoms with Crippen molar-refractivity contribution in [3.63, 3.8) is 0 Å². The predicted octanol–water partition coefficient (Wildman–Crippen LogP) is 2.61. The summed E-state index contributed by atoms with van der Waals surface area (Å²) in [6.45, 7) is 0. The third kappa shape index (κ3) is 0.871. The van der Waals surface area contributed by atoms with Gasteiger partial charge in [-0.15, -0.1) is 0 Å². The molecule has 2 nitrogen and oxygen atoms in total. The topological polar surface area (TPSA) is 36.2 Å². The molecule has 0 spiro atoms. The van der Waals surface area contributed by atoms with Gasteiger partial charge >= 0.3 is 0 Å². The van der Waals surface area contributed by atoms with Crippen molar-refractivity contribution in [1.29, 1.82) is 5.53 Å². The van der Waals surface area contributed by atoms with Gasteiger partial charge in [-0.2, -0.15) is 5.11 Å². The Hall–Kier alpha value is -1.44. The van der Waals surface area contributed by atoms with Crippen molar-refractivity contribution in [3.8, 4) is 0 Å². The monoisotopic (exact) mass is 144 g/mol. The molecule has 1 aromatic rings. The molecule has 0 saturated carbocycles. The second-order valence-electron chi connectivity index (χ2n) is 2.56. The Morgan fingerprint density at radius 1 is 1.27 bits per heavy atom. The fourth-order valence-electron chi connectivity index (χ4n) is 1.37. The summed E-state index contributed by atoms with van der Waals surface area (Å²) < 4.78 is 0. The summed E-state index contributed by atoms with van der Waals surface area (Å²) in [5, 5.41) is 3.44. The van der Waals surface area contributed by atoms with E-state index < -0.39 is 0 Å². The highest BCUT2D eigenvalue weighted by Crippen LogP contribution is 2.27. The van der Waals surface area contributed by atoms with Gasteiger partial charge < -0.3 is 0 Å². The summed E-state index contributed by atoms with van der Waals surface area (Å²) >= 11 is 0. The average Bonchev–Trinajstić information content (AvgIpc) is 2.47. The quantitative estimate of drug-likeness (QED) is 0.588. The van der Waals surface area contributed by atoms with Crippen molar-refractivity contribution < 1.29 is 0 Å². The van der Waals surface area contributed by atoms with Gasteiger partial charge in [0.25, 0.3) is 0 Å². The van der Waals surface area contributed by atoms with Crippen LogP contribution < -0.4 is 0 Å². The van der Waals surface area contributed by atoms with Gasteiger partial charge in [0.15, 0.2) is 0 Å². The maximum absolute atomic E-state index is 6.89. The van der Waals surface area contributed by atoms with Crippen LogP contribution in [0.3, 0.4) is 0 Å². The van der Waals surface area contributed by atoms with E-state index in [4.69, 9.17) is 5.53 Å². The minimum absolute atomic E-state index is 0.806. The molecule has 54 valence electrons. The lowest BCUT2D eigenvalue weighted by Crippen LogP contribution is -1.80. The number of nitrogens with zero attached hydrogens (tertiary/aromatic N) is 1. The number of nitrogens with one attached hydrogen (secondary N) is 1. The lowest BCUT2D eigenvalue weighted by atomic mass is 10.1. The van der Waals surface area contributed by atoms with Crippen molar-refractivity contribution in [1.82, 2.24) is 0 Å². The molecule has 0 aliphatic heterocycles. The van der Waals surface area contributed by atoms with Crippen LogP contribution in [0.5, 0.6) is 0 Å². The molecular weight excluding hydrogens is 136 g/mol. The highest BCUT2D eigenvalue weighted by atomic mass is 15.0. The van der Waals surface area contributed by atoms with Crippen LogP contribution in [-0.2, 0) is 6.42 Å². The van der Waals surface area contributed by atoms with Gasteiger partial charge in [-0.1, -0.05) is 30.3 Å². The first-order chi connectivity index (χ1) is 5.42. The van der Waals surface area contributed by atoms with Crippen LogP contribution in [0.4, 0.5) is 0 Å². The zero-order chi connectivity index (χ0) is 7.68. The molecule has 0 unspecified atom stereocenters. The van der Waals surface area contributed by atoms with E-state index in [-0.39, 0.29) is 0 Å². The van der Waals surface area contributed by atoms with Gasteiger partial charge in [0, 0.05) is 5.56 Å². The molecule has 0 saturated heterocycles.